The number of benzene rings is 1. The smallest absolute Gasteiger partial charge is 0.310 e. The molecular formula is C10H12O4S. The predicted molar refractivity (Wildman–Crippen MR) is 55.6 cm³/mol. The summed E-state index contributed by atoms with van der Waals surface area (Å²) >= 11 is 0. The van der Waals surface area contributed by atoms with E-state index in [0.29, 0.717) is 5.56 Å². The van der Waals surface area contributed by atoms with Crippen molar-refractivity contribution in [1.82, 2.24) is 0 Å². The summed E-state index contributed by atoms with van der Waals surface area (Å²) in [6.07, 6.45) is 1.11. The summed E-state index contributed by atoms with van der Waals surface area (Å²) in [6, 6.07) is 5.89. The quantitative estimate of drug-likeness (QED) is 0.845. The Morgan fingerprint density at radius 1 is 1.27 bits per heavy atom. The van der Waals surface area contributed by atoms with E-state index >= 15 is 0 Å². The summed E-state index contributed by atoms with van der Waals surface area (Å²) in [5.41, 5.74) is 0.593. The van der Waals surface area contributed by atoms with E-state index in [9.17, 15) is 13.2 Å². The molecule has 0 aliphatic carbocycles. The average Bonchev–Trinajstić information content (AvgIpc) is 2.15. The van der Waals surface area contributed by atoms with E-state index in [1.165, 1.54) is 24.3 Å². The maximum atomic E-state index is 11.1. The molecule has 0 fully saturated rings. The van der Waals surface area contributed by atoms with Gasteiger partial charge in [-0.25, -0.2) is 8.42 Å². The lowest BCUT2D eigenvalue weighted by Crippen LogP contribution is -2.07. The Hall–Kier alpha value is -1.36. The average molecular weight is 228 g/mol. The van der Waals surface area contributed by atoms with E-state index in [1.54, 1.807) is 6.92 Å². The van der Waals surface area contributed by atoms with Crippen LogP contribution in [0.3, 0.4) is 0 Å². The van der Waals surface area contributed by atoms with Crippen LogP contribution >= 0.6 is 0 Å². The minimum absolute atomic E-state index is 0.198. The molecule has 15 heavy (non-hydrogen) atoms. The Morgan fingerprint density at radius 3 is 2.07 bits per heavy atom. The summed E-state index contributed by atoms with van der Waals surface area (Å²) in [5.74, 6) is -1.55. The number of carboxylic acids is 1. The van der Waals surface area contributed by atoms with Crippen LogP contribution in [-0.2, 0) is 14.6 Å². The summed E-state index contributed by atoms with van der Waals surface area (Å²) in [4.78, 5) is 10.9. The van der Waals surface area contributed by atoms with Crippen molar-refractivity contribution in [2.24, 2.45) is 0 Å². The van der Waals surface area contributed by atoms with Crippen molar-refractivity contribution in [3.05, 3.63) is 29.8 Å². The molecule has 4 nitrogen and oxygen atoms in total. The van der Waals surface area contributed by atoms with E-state index < -0.39 is 21.7 Å². The molecule has 1 atom stereocenters. The third-order valence-electron chi connectivity index (χ3n) is 2.18. The van der Waals surface area contributed by atoms with E-state index in [4.69, 9.17) is 5.11 Å². The molecule has 1 aromatic rings. The Balaban J connectivity index is 3.06. The molecule has 0 aliphatic heterocycles. The predicted octanol–water partition coefficient (Wildman–Crippen LogP) is 1.28. The molecule has 0 radical (unpaired) electrons. The van der Waals surface area contributed by atoms with Gasteiger partial charge in [0.1, 0.15) is 0 Å². The second-order valence-corrected chi connectivity index (χ2v) is 5.42. The Morgan fingerprint density at radius 2 is 1.73 bits per heavy atom. The third kappa shape index (κ3) is 2.79. The van der Waals surface area contributed by atoms with Crippen LogP contribution in [0.1, 0.15) is 18.4 Å². The van der Waals surface area contributed by atoms with Crippen LogP contribution in [0.15, 0.2) is 29.2 Å². The van der Waals surface area contributed by atoms with Gasteiger partial charge in [0.25, 0.3) is 0 Å². The second kappa shape index (κ2) is 4.02. The third-order valence-corrected chi connectivity index (χ3v) is 3.31. The summed E-state index contributed by atoms with van der Waals surface area (Å²) in [7, 11) is -3.21. The van der Waals surface area contributed by atoms with Gasteiger partial charge in [-0.2, -0.15) is 0 Å². The Kier molecular flexibility index (Phi) is 3.14. The largest absolute Gasteiger partial charge is 0.481 e. The lowest BCUT2D eigenvalue weighted by atomic mass is 10.0. The van der Waals surface area contributed by atoms with Crippen LogP contribution in [0.2, 0.25) is 0 Å². The van der Waals surface area contributed by atoms with Gasteiger partial charge in [-0.15, -0.1) is 0 Å². The van der Waals surface area contributed by atoms with Crippen molar-refractivity contribution in [1.29, 1.82) is 0 Å². The molecule has 0 heterocycles. The zero-order chi connectivity index (χ0) is 11.6. The van der Waals surface area contributed by atoms with E-state index in [2.05, 4.69) is 0 Å². The number of rotatable bonds is 3. The molecule has 0 aliphatic rings. The monoisotopic (exact) mass is 228 g/mol. The molecule has 0 spiro atoms. The standard InChI is InChI=1S/C10H12O4S/c1-7(10(11)12)8-3-5-9(6-4-8)15(2,13)14/h3-7H,1-2H3,(H,11,12)/t7-/m0/s1. The van der Waals surface area contributed by atoms with Crippen molar-refractivity contribution in [2.75, 3.05) is 6.26 Å². The maximum Gasteiger partial charge on any atom is 0.310 e. The van der Waals surface area contributed by atoms with Crippen LogP contribution in [0.25, 0.3) is 0 Å². The highest BCUT2D eigenvalue weighted by atomic mass is 32.2. The normalized spacial score (nSPS) is 13.5. The first-order valence-corrected chi connectivity index (χ1v) is 6.24. The van der Waals surface area contributed by atoms with Crippen molar-refractivity contribution >= 4 is 15.8 Å². The highest BCUT2D eigenvalue weighted by Gasteiger charge is 2.14. The molecule has 1 rings (SSSR count). The molecule has 0 saturated carbocycles. The van der Waals surface area contributed by atoms with Crippen LogP contribution < -0.4 is 0 Å². The van der Waals surface area contributed by atoms with Crippen LogP contribution in [0.4, 0.5) is 0 Å². The SMILES string of the molecule is C[C@H](C(=O)O)c1ccc(S(C)(=O)=O)cc1. The van der Waals surface area contributed by atoms with Gasteiger partial charge in [0.15, 0.2) is 9.84 Å². The van der Waals surface area contributed by atoms with Crippen LogP contribution in [-0.4, -0.2) is 25.7 Å². The molecule has 0 aromatic heterocycles. The van der Waals surface area contributed by atoms with Gasteiger partial charge in [0, 0.05) is 6.26 Å². The van der Waals surface area contributed by atoms with Gasteiger partial charge < -0.3 is 5.11 Å². The van der Waals surface area contributed by atoms with Crippen molar-refractivity contribution in [3.63, 3.8) is 0 Å². The van der Waals surface area contributed by atoms with Crippen LogP contribution in [0.5, 0.6) is 0 Å². The minimum atomic E-state index is -3.21. The van der Waals surface area contributed by atoms with E-state index in [1.807, 2.05) is 0 Å². The Labute approximate surface area is 88.5 Å². The number of hydrogen-bond acceptors (Lipinski definition) is 3. The molecule has 0 amide bonds. The van der Waals surface area contributed by atoms with Crippen molar-refractivity contribution in [2.45, 2.75) is 17.7 Å². The maximum absolute atomic E-state index is 11.1. The fourth-order valence-electron chi connectivity index (χ4n) is 1.15. The number of carbonyl (C=O) groups is 1. The van der Waals surface area contributed by atoms with Gasteiger partial charge in [-0.1, -0.05) is 12.1 Å². The second-order valence-electron chi connectivity index (χ2n) is 3.40. The van der Waals surface area contributed by atoms with Gasteiger partial charge in [-0.3, -0.25) is 4.79 Å². The fraction of sp³-hybridized carbons (Fsp3) is 0.300. The summed E-state index contributed by atoms with van der Waals surface area (Å²) < 4.78 is 22.3. The molecule has 0 bridgehead atoms. The first-order chi connectivity index (χ1) is 6.82. The molecule has 5 heteroatoms. The number of aliphatic carboxylic acids is 1. The highest BCUT2D eigenvalue weighted by molar-refractivity contribution is 7.90. The molecular weight excluding hydrogens is 216 g/mol. The lowest BCUT2D eigenvalue weighted by Gasteiger charge is -2.06. The first kappa shape index (κ1) is 11.7. The molecule has 0 saturated heterocycles. The molecule has 82 valence electrons. The summed E-state index contributed by atoms with van der Waals surface area (Å²) in [6.45, 7) is 1.55. The van der Waals surface area contributed by atoms with E-state index in [0.717, 1.165) is 6.26 Å². The molecule has 1 aromatic carbocycles. The number of sulfone groups is 1. The van der Waals surface area contributed by atoms with Gasteiger partial charge in [0.05, 0.1) is 10.8 Å². The number of hydrogen-bond donors (Lipinski definition) is 1. The zero-order valence-electron chi connectivity index (χ0n) is 8.47. The molecule has 1 N–H and O–H groups in total. The minimum Gasteiger partial charge on any atom is -0.481 e. The lowest BCUT2D eigenvalue weighted by molar-refractivity contribution is -0.138. The molecule has 0 unspecified atom stereocenters. The van der Waals surface area contributed by atoms with Gasteiger partial charge in [0.2, 0.25) is 0 Å². The zero-order valence-corrected chi connectivity index (χ0v) is 9.28. The van der Waals surface area contributed by atoms with Crippen molar-refractivity contribution < 1.29 is 18.3 Å². The fourth-order valence-corrected chi connectivity index (χ4v) is 1.78. The Bertz CT molecular complexity index is 459. The first-order valence-electron chi connectivity index (χ1n) is 4.35. The summed E-state index contributed by atoms with van der Waals surface area (Å²) in [5, 5.41) is 8.75. The topological polar surface area (TPSA) is 71.4 Å². The highest BCUT2D eigenvalue weighted by Crippen LogP contribution is 2.17. The van der Waals surface area contributed by atoms with Gasteiger partial charge >= 0.3 is 5.97 Å². The van der Waals surface area contributed by atoms with Gasteiger partial charge in [-0.05, 0) is 24.6 Å². The van der Waals surface area contributed by atoms with Crippen molar-refractivity contribution in [3.8, 4) is 0 Å². The van der Waals surface area contributed by atoms with Crippen LogP contribution in [0, 0.1) is 0 Å². The number of carboxylic acid groups (broad SMARTS) is 1. The van der Waals surface area contributed by atoms with E-state index in [-0.39, 0.29) is 4.90 Å².